The van der Waals surface area contributed by atoms with E-state index in [1.54, 1.807) is 12.1 Å². The molecule has 0 fully saturated rings. The van der Waals surface area contributed by atoms with Crippen molar-refractivity contribution in [1.82, 2.24) is 4.98 Å². The molecular formula is C17H13ClN2O2S. The third-order valence-corrected chi connectivity index (χ3v) is 4.59. The Morgan fingerprint density at radius 3 is 2.87 bits per heavy atom. The number of anilines is 1. The highest BCUT2D eigenvalue weighted by Gasteiger charge is 2.11. The van der Waals surface area contributed by atoms with Crippen LogP contribution in [0.3, 0.4) is 0 Å². The highest BCUT2D eigenvalue weighted by atomic mass is 35.5. The summed E-state index contributed by atoms with van der Waals surface area (Å²) in [6.45, 7) is 0. The fraction of sp³-hybridized carbons (Fsp3) is 0.0588. The summed E-state index contributed by atoms with van der Waals surface area (Å²) in [5.74, 6) is -0.380. The number of nitrogens with zero attached hydrogens (tertiary/aromatic N) is 1. The van der Waals surface area contributed by atoms with E-state index < -0.39 is 0 Å². The number of ether oxygens (including phenoxy) is 1. The van der Waals surface area contributed by atoms with Crippen LogP contribution in [0.2, 0.25) is 5.15 Å². The van der Waals surface area contributed by atoms with Crippen molar-refractivity contribution < 1.29 is 9.53 Å². The summed E-state index contributed by atoms with van der Waals surface area (Å²) in [4.78, 5) is 17.1. The Balaban J connectivity index is 1.89. The van der Waals surface area contributed by atoms with Crippen molar-refractivity contribution in [1.29, 1.82) is 0 Å². The zero-order valence-electron chi connectivity index (χ0n) is 12.2. The molecular weight excluding hydrogens is 332 g/mol. The van der Waals surface area contributed by atoms with Crippen molar-refractivity contribution in [2.45, 2.75) is 0 Å². The number of carbonyl (C=O) groups is 1. The Labute approximate surface area is 142 Å². The van der Waals surface area contributed by atoms with E-state index in [0.29, 0.717) is 15.7 Å². The Kier molecular flexibility index (Phi) is 4.32. The molecule has 6 heteroatoms. The molecule has 0 aliphatic carbocycles. The zero-order valence-corrected chi connectivity index (χ0v) is 13.8. The van der Waals surface area contributed by atoms with E-state index in [-0.39, 0.29) is 5.97 Å². The number of pyridine rings is 1. The van der Waals surface area contributed by atoms with Crippen molar-refractivity contribution in [3.63, 3.8) is 0 Å². The van der Waals surface area contributed by atoms with E-state index in [1.807, 2.05) is 36.4 Å². The standard InChI is InChI=1S/C17H13ClN2O2S/c1-22-17(21)15-9-12(19)14(23-15)6-3-10-2-5-13-11(8-10)4-7-16(18)20-13/h2-9H,19H2,1H3/b6-3+. The summed E-state index contributed by atoms with van der Waals surface area (Å²) in [7, 11) is 1.35. The van der Waals surface area contributed by atoms with Crippen LogP contribution in [0.25, 0.3) is 23.1 Å². The number of halogens is 1. The SMILES string of the molecule is COC(=O)c1cc(N)c(/C=C/c2ccc3nc(Cl)ccc3c2)s1. The molecule has 2 N–H and O–H groups in total. The molecule has 0 saturated carbocycles. The maximum Gasteiger partial charge on any atom is 0.348 e. The van der Waals surface area contributed by atoms with Gasteiger partial charge in [0.15, 0.2) is 0 Å². The number of methoxy groups -OCH3 is 1. The van der Waals surface area contributed by atoms with Gasteiger partial charge in [-0.3, -0.25) is 0 Å². The van der Waals surface area contributed by atoms with Gasteiger partial charge in [-0.2, -0.15) is 0 Å². The molecule has 3 aromatic rings. The quantitative estimate of drug-likeness (QED) is 0.561. The molecule has 0 radical (unpaired) electrons. The summed E-state index contributed by atoms with van der Waals surface area (Å²) < 4.78 is 4.70. The van der Waals surface area contributed by atoms with Crippen molar-refractivity contribution in [3.05, 3.63) is 56.9 Å². The summed E-state index contributed by atoms with van der Waals surface area (Å²) in [5, 5.41) is 1.48. The number of esters is 1. The van der Waals surface area contributed by atoms with E-state index in [0.717, 1.165) is 21.3 Å². The van der Waals surface area contributed by atoms with Gasteiger partial charge in [-0.1, -0.05) is 23.7 Å². The predicted octanol–water partition coefficient (Wildman–Crippen LogP) is 4.49. The normalized spacial score (nSPS) is 11.2. The second-order valence-electron chi connectivity index (χ2n) is 4.84. The minimum Gasteiger partial charge on any atom is -0.465 e. The second kappa shape index (κ2) is 6.40. The first-order chi connectivity index (χ1) is 11.1. The van der Waals surface area contributed by atoms with Crippen molar-refractivity contribution in [2.75, 3.05) is 12.8 Å². The smallest absolute Gasteiger partial charge is 0.348 e. The average Bonchev–Trinajstić information content (AvgIpc) is 2.93. The third kappa shape index (κ3) is 3.36. The van der Waals surface area contributed by atoms with Gasteiger partial charge in [-0.05, 0) is 42.0 Å². The lowest BCUT2D eigenvalue weighted by Crippen LogP contribution is -1.97. The van der Waals surface area contributed by atoms with Gasteiger partial charge in [0.1, 0.15) is 10.0 Å². The summed E-state index contributed by atoms with van der Waals surface area (Å²) in [6.07, 6.45) is 3.83. The number of hydrogen-bond acceptors (Lipinski definition) is 5. The molecule has 0 atom stereocenters. The molecule has 1 aromatic carbocycles. The molecule has 116 valence electrons. The number of nitrogen functional groups attached to an aromatic ring is 1. The van der Waals surface area contributed by atoms with Gasteiger partial charge < -0.3 is 10.5 Å². The lowest BCUT2D eigenvalue weighted by Gasteiger charge is -1.99. The lowest BCUT2D eigenvalue weighted by molar-refractivity contribution is 0.0606. The first kappa shape index (κ1) is 15.5. The maximum absolute atomic E-state index is 11.5. The number of aromatic nitrogens is 1. The molecule has 0 bridgehead atoms. The van der Waals surface area contributed by atoms with E-state index in [2.05, 4.69) is 4.98 Å². The highest BCUT2D eigenvalue weighted by Crippen LogP contribution is 2.27. The number of nitrogens with two attached hydrogens (primary N) is 1. The molecule has 4 nitrogen and oxygen atoms in total. The topological polar surface area (TPSA) is 65.2 Å². The number of benzene rings is 1. The largest absolute Gasteiger partial charge is 0.465 e. The minimum atomic E-state index is -0.380. The van der Waals surface area contributed by atoms with Gasteiger partial charge in [0, 0.05) is 5.39 Å². The molecule has 3 rings (SSSR count). The van der Waals surface area contributed by atoms with Crippen LogP contribution in [0.1, 0.15) is 20.1 Å². The Bertz CT molecular complexity index is 918. The number of fused-ring (bicyclic) bond motifs is 1. The van der Waals surface area contributed by atoms with Crippen LogP contribution in [0, 0.1) is 0 Å². The van der Waals surface area contributed by atoms with Crippen LogP contribution in [-0.4, -0.2) is 18.1 Å². The highest BCUT2D eigenvalue weighted by molar-refractivity contribution is 7.15. The van der Waals surface area contributed by atoms with Crippen LogP contribution >= 0.6 is 22.9 Å². The monoisotopic (exact) mass is 344 g/mol. The zero-order chi connectivity index (χ0) is 16.4. The first-order valence-corrected chi connectivity index (χ1v) is 7.98. The molecule has 23 heavy (non-hydrogen) atoms. The summed E-state index contributed by atoms with van der Waals surface area (Å²) in [5.41, 5.74) is 8.34. The number of carbonyl (C=O) groups excluding carboxylic acids is 1. The molecule has 0 aliphatic rings. The van der Waals surface area contributed by atoms with Gasteiger partial charge in [-0.15, -0.1) is 11.3 Å². The number of rotatable bonds is 3. The van der Waals surface area contributed by atoms with Gasteiger partial charge in [0.05, 0.1) is 23.2 Å². The van der Waals surface area contributed by atoms with E-state index in [1.165, 1.54) is 18.4 Å². The maximum atomic E-state index is 11.5. The van der Waals surface area contributed by atoms with Gasteiger partial charge >= 0.3 is 5.97 Å². The van der Waals surface area contributed by atoms with Crippen molar-refractivity contribution in [2.24, 2.45) is 0 Å². The van der Waals surface area contributed by atoms with Crippen LogP contribution in [-0.2, 0) is 4.74 Å². The van der Waals surface area contributed by atoms with Crippen LogP contribution in [0.4, 0.5) is 5.69 Å². The Hall–Kier alpha value is -2.37. The Morgan fingerprint density at radius 1 is 1.26 bits per heavy atom. The molecule has 2 aromatic heterocycles. The van der Waals surface area contributed by atoms with Gasteiger partial charge in [0.2, 0.25) is 0 Å². The fourth-order valence-electron chi connectivity index (χ4n) is 2.15. The molecule has 0 spiro atoms. The molecule has 0 saturated heterocycles. The Morgan fingerprint density at radius 2 is 2.09 bits per heavy atom. The summed E-state index contributed by atoms with van der Waals surface area (Å²) >= 11 is 7.18. The molecule has 0 amide bonds. The number of hydrogen-bond donors (Lipinski definition) is 1. The van der Waals surface area contributed by atoms with E-state index in [4.69, 9.17) is 22.1 Å². The van der Waals surface area contributed by atoms with Gasteiger partial charge in [0.25, 0.3) is 0 Å². The molecule has 0 unspecified atom stereocenters. The molecule has 0 aliphatic heterocycles. The van der Waals surface area contributed by atoms with Gasteiger partial charge in [-0.25, -0.2) is 9.78 Å². The van der Waals surface area contributed by atoms with Crippen LogP contribution in [0.5, 0.6) is 0 Å². The minimum absolute atomic E-state index is 0.380. The van der Waals surface area contributed by atoms with Crippen LogP contribution < -0.4 is 5.73 Å². The first-order valence-electron chi connectivity index (χ1n) is 6.79. The summed E-state index contributed by atoms with van der Waals surface area (Å²) in [6, 6.07) is 11.2. The van der Waals surface area contributed by atoms with Crippen molar-refractivity contribution in [3.8, 4) is 0 Å². The number of thiophene rings is 1. The lowest BCUT2D eigenvalue weighted by atomic mass is 10.1. The average molecular weight is 345 g/mol. The fourth-order valence-corrected chi connectivity index (χ4v) is 3.20. The predicted molar refractivity (Wildman–Crippen MR) is 95.8 cm³/mol. The second-order valence-corrected chi connectivity index (χ2v) is 6.31. The van der Waals surface area contributed by atoms with Crippen molar-refractivity contribution >= 4 is 57.6 Å². The third-order valence-electron chi connectivity index (χ3n) is 3.28. The van der Waals surface area contributed by atoms with Crippen LogP contribution in [0.15, 0.2) is 36.4 Å². The van der Waals surface area contributed by atoms with E-state index >= 15 is 0 Å². The van der Waals surface area contributed by atoms with E-state index in [9.17, 15) is 4.79 Å². The molecule has 2 heterocycles.